The van der Waals surface area contributed by atoms with Crippen LogP contribution in [0.4, 0.5) is 5.69 Å². The average Bonchev–Trinajstić information content (AvgIpc) is 2.96. The third-order valence-corrected chi connectivity index (χ3v) is 8.98. The molecular formula is C32H40BrN3O5S. The van der Waals surface area contributed by atoms with Crippen molar-refractivity contribution in [3.63, 3.8) is 0 Å². The molecule has 0 fully saturated rings. The third kappa shape index (κ3) is 8.82. The van der Waals surface area contributed by atoms with Gasteiger partial charge in [-0.25, -0.2) is 8.42 Å². The van der Waals surface area contributed by atoms with Crippen molar-refractivity contribution in [2.75, 3.05) is 24.0 Å². The summed E-state index contributed by atoms with van der Waals surface area (Å²) in [6.45, 7) is 10.3. The maximum absolute atomic E-state index is 14.2. The van der Waals surface area contributed by atoms with Gasteiger partial charge in [0.2, 0.25) is 11.8 Å². The second-order valence-electron chi connectivity index (χ2n) is 10.5. The van der Waals surface area contributed by atoms with Gasteiger partial charge in [0.05, 0.1) is 17.2 Å². The molecule has 0 radical (unpaired) electrons. The lowest BCUT2D eigenvalue weighted by molar-refractivity contribution is -0.140. The predicted octanol–water partition coefficient (Wildman–Crippen LogP) is 5.93. The zero-order valence-corrected chi connectivity index (χ0v) is 27.2. The highest BCUT2D eigenvalue weighted by atomic mass is 79.9. The quantitative estimate of drug-likeness (QED) is 0.232. The topological polar surface area (TPSA) is 96.0 Å². The number of amides is 2. The summed E-state index contributed by atoms with van der Waals surface area (Å²) >= 11 is 3.35. The molecule has 8 nitrogen and oxygen atoms in total. The first kappa shape index (κ1) is 33.1. The first-order chi connectivity index (χ1) is 20.0. The molecule has 0 unspecified atom stereocenters. The van der Waals surface area contributed by atoms with Gasteiger partial charge in [0.15, 0.2) is 0 Å². The normalized spacial score (nSPS) is 12.1. The fourth-order valence-electron chi connectivity index (χ4n) is 4.37. The van der Waals surface area contributed by atoms with E-state index < -0.39 is 28.5 Å². The van der Waals surface area contributed by atoms with E-state index in [-0.39, 0.29) is 23.3 Å². The molecule has 1 atom stereocenters. The summed E-state index contributed by atoms with van der Waals surface area (Å²) in [5.74, 6) is 0.0630. The van der Waals surface area contributed by atoms with Crippen LogP contribution in [0, 0.1) is 12.8 Å². The number of nitrogens with zero attached hydrogens (tertiary/aromatic N) is 2. The Labute approximate surface area is 258 Å². The Morgan fingerprint density at radius 1 is 0.929 bits per heavy atom. The van der Waals surface area contributed by atoms with Crippen LogP contribution in [0.2, 0.25) is 0 Å². The molecular weight excluding hydrogens is 618 g/mol. The number of sulfonamides is 1. The molecule has 2 amide bonds. The van der Waals surface area contributed by atoms with E-state index in [1.807, 2.05) is 58.9 Å². The van der Waals surface area contributed by atoms with Gasteiger partial charge in [0.1, 0.15) is 18.3 Å². The van der Waals surface area contributed by atoms with Crippen LogP contribution in [-0.4, -0.2) is 50.9 Å². The van der Waals surface area contributed by atoms with Crippen LogP contribution in [0.3, 0.4) is 0 Å². The molecule has 0 saturated heterocycles. The highest BCUT2D eigenvalue weighted by molar-refractivity contribution is 9.10. The van der Waals surface area contributed by atoms with Crippen molar-refractivity contribution in [2.24, 2.45) is 5.92 Å². The zero-order valence-electron chi connectivity index (χ0n) is 24.8. The molecule has 226 valence electrons. The molecule has 3 aromatic carbocycles. The van der Waals surface area contributed by atoms with Crippen LogP contribution < -0.4 is 14.4 Å². The SMILES string of the molecule is CCOc1ccc(N(CC(=O)N(Cc2ccc(C)cc2)[C@H](CC)C(=O)NCC(C)C)S(=O)(=O)c2ccc(Br)cc2)cc1. The second-order valence-corrected chi connectivity index (χ2v) is 13.2. The van der Waals surface area contributed by atoms with E-state index in [2.05, 4.69) is 21.2 Å². The lowest BCUT2D eigenvalue weighted by Gasteiger charge is -2.33. The van der Waals surface area contributed by atoms with Crippen molar-refractivity contribution >= 4 is 43.5 Å². The van der Waals surface area contributed by atoms with Gasteiger partial charge >= 0.3 is 0 Å². The molecule has 10 heteroatoms. The molecule has 1 N–H and O–H groups in total. The monoisotopic (exact) mass is 657 g/mol. The molecule has 3 aromatic rings. The number of benzene rings is 3. The number of halogens is 1. The summed E-state index contributed by atoms with van der Waals surface area (Å²) in [7, 11) is -4.15. The van der Waals surface area contributed by atoms with E-state index in [4.69, 9.17) is 4.74 Å². The maximum Gasteiger partial charge on any atom is 0.264 e. The van der Waals surface area contributed by atoms with Gasteiger partial charge in [-0.15, -0.1) is 0 Å². The lowest BCUT2D eigenvalue weighted by atomic mass is 10.1. The number of rotatable bonds is 14. The number of hydrogen-bond acceptors (Lipinski definition) is 5. The maximum atomic E-state index is 14.2. The summed E-state index contributed by atoms with van der Waals surface area (Å²) in [5.41, 5.74) is 2.22. The molecule has 42 heavy (non-hydrogen) atoms. The highest BCUT2D eigenvalue weighted by Gasteiger charge is 2.33. The highest BCUT2D eigenvalue weighted by Crippen LogP contribution is 2.27. The molecule has 0 aliphatic rings. The van der Waals surface area contributed by atoms with Crippen molar-refractivity contribution in [3.8, 4) is 5.75 Å². The summed E-state index contributed by atoms with van der Waals surface area (Å²) in [6.07, 6.45) is 0.365. The summed E-state index contributed by atoms with van der Waals surface area (Å²) in [5, 5.41) is 2.94. The van der Waals surface area contributed by atoms with Crippen molar-refractivity contribution in [3.05, 3.63) is 88.4 Å². The molecule has 0 spiro atoms. The molecule has 0 aliphatic carbocycles. The summed E-state index contributed by atoms with van der Waals surface area (Å²) in [4.78, 5) is 29.0. The number of carbonyl (C=O) groups is 2. The fraction of sp³-hybridized carbons (Fsp3) is 0.375. The Kier molecular flexibility index (Phi) is 12.0. The van der Waals surface area contributed by atoms with E-state index in [0.29, 0.717) is 31.0 Å². The summed E-state index contributed by atoms with van der Waals surface area (Å²) < 4.78 is 35.3. The fourth-order valence-corrected chi connectivity index (χ4v) is 6.05. The Balaban J connectivity index is 2.04. The van der Waals surface area contributed by atoms with Crippen LogP contribution in [-0.2, 0) is 26.2 Å². The molecule has 0 aliphatic heterocycles. The van der Waals surface area contributed by atoms with Crippen molar-refractivity contribution in [1.82, 2.24) is 10.2 Å². The van der Waals surface area contributed by atoms with Crippen LogP contribution in [0.5, 0.6) is 5.75 Å². The second kappa shape index (κ2) is 15.2. The average molecular weight is 659 g/mol. The van der Waals surface area contributed by atoms with Crippen LogP contribution in [0.1, 0.15) is 45.2 Å². The molecule has 0 heterocycles. The van der Waals surface area contributed by atoms with E-state index in [9.17, 15) is 18.0 Å². The standard InChI is InChI=1S/C32H40BrN3O5S/c1-6-30(32(38)34-20-23(3)4)35(21-25-10-8-24(5)9-11-25)31(37)22-36(27-14-16-28(17-15-27)41-7-2)42(39,40)29-18-12-26(33)13-19-29/h8-19,23,30H,6-7,20-22H2,1-5H3,(H,34,38)/t30-/m1/s1. The summed E-state index contributed by atoms with van der Waals surface area (Å²) in [6, 6.07) is 19.8. The van der Waals surface area contributed by atoms with Crippen molar-refractivity contribution < 1.29 is 22.7 Å². The first-order valence-electron chi connectivity index (χ1n) is 14.1. The number of aryl methyl sites for hydroxylation is 1. The molecule has 0 bridgehead atoms. The Morgan fingerprint density at radius 3 is 2.10 bits per heavy atom. The van der Waals surface area contributed by atoms with Gasteiger partial charge in [-0.05, 0) is 80.3 Å². The van der Waals surface area contributed by atoms with Gasteiger partial charge in [0.25, 0.3) is 10.0 Å². The number of carbonyl (C=O) groups excluding carboxylic acids is 2. The van der Waals surface area contributed by atoms with Crippen LogP contribution in [0.25, 0.3) is 0 Å². The van der Waals surface area contributed by atoms with Gasteiger partial charge in [0, 0.05) is 17.6 Å². The minimum absolute atomic E-state index is 0.0409. The lowest BCUT2D eigenvalue weighted by Crippen LogP contribution is -2.52. The minimum Gasteiger partial charge on any atom is -0.494 e. The van der Waals surface area contributed by atoms with E-state index >= 15 is 0 Å². The molecule has 0 saturated carbocycles. The zero-order chi connectivity index (χ0) is 30.9. The van der Waals surface area contributed by atoms with Gasteiger partial charge in [-0.1, -0.05) is 66.5 Å². The van der Waals surface area contributed by atoms with Crippen molar-refractivity contribution in [2.45, 2.75) is 58.5 Å². The first-order valence-corrected chi connectivity index (χ1v) is 16.3. The minimum atomic E-state index is -4.15. The predicted molar refractivity (Wildman–Crippen MR) is 170 cm³/mol. The smallest absolute Gasteiger partial charge is 0.264 e. The van der Waals surface area contributed by atoms with Crippen LogP contribution in [0.15, 0.2) is 82.2 Å². The Hall–Kier alpha value is -3.37. The van der Waals surface area contributed by atoms with Gasteiger partial charge in [-0.3, -0.25) is 13.9 Å². The Bertz CT molecular complexity index is 1430. The molecule has 3 rings (SSSR count). The van der Waals surface area contributed by atoms with E-state index in [0.717, 1.165) is 19.9 Å². The third-order valence-electron chi connectivity index (χ3n) is 6.66. The van der Waals surface area contributed by atoms with Gasteiger partial charge in [-0.2, -0.15) is 0 Å². The van der Waals surface area contributed by atoms with Crippen LogP contribution >= 0.6 is 15.9 Å². The van der Waals surface area contributed by atoms with Gasteiger partial charge < -0.3 is 15.0 Å². The van der Waals surface area contributed by atoms with E-state index in [1.165, 1.54) is 17.0 Å². The van der Waals surface area contributed by atoms with Crippen molar-refractivity contribution in [1.29, 1.82) is 0 Å². The number of nitrogens with one attached hydrogen (secondary N) is 1. The number of ether oxygens (including phenoxy) is 1. The number of hydrogen-bond donors (Lipinski definition) is 1. The Morgan fingerprint density at radius 2 is 1.55 bits per heavy atom. The largest absolute Gasteiger partial charge is 0.494 e. The molecule has 0 aromatic heterocycles. The van der Waals surface area contributed by atoms with E-state index in [1.54, 1.807) is 36.4 Å². The number of anilines is 1.